The predicted octanol–water partition coefficient (Wildman–Crippen LogP) is 5.88. The van der Waals surface area contributed by atoms with E-state index in [2.05, 4.69) is 16.4 Å². The van der Waals surface area contributed by atoms with Crippen LogP contribution in [-0.4, -0.2) is 29.1 Å². The lowest BCUT2D eigenvalue weighted by atomic mass is 9.99. The molecule has 1 saturated heterocycles. The molecule has 0 radical (unpaired) electrons. The number of hydrogen-bond donors (Lipinski definition) is 1. The van der Waals surface area contributed by atoms with E-state index in [4.69, 9.17) is 4.74 Å². The molecule has 168 valence electrons. The van der Waals surface area contributed by atoms with Gasteiger partial charge in [-0.25, -0.2) is 4.98 Å². The summed E-state index contributed by atoms with van der Waals surface area (Å²) < 4.78 is 46.5. The van der Waals surface area contributed by atoms with Gasteiger partial charge in [-0.3, -0.25) is 4.40 Å². The summed E-state index contributed by atoms with van der Waals surface area (Å²) in [6, 6.07) is 16.6. The van der Waals surface area contributed by atoms with Crippen molar-refractivity contribution in [2.75, 3.05) is 25.1 Å². The third-order valence-corrected chi connectivity index (χ3v) is 6.12. The number of pyridine rings is 1. The number of nitrogens with zero attached hydrogens (tertiary/aromatic N) is 3. The first-order valence-electron chi connectivity index (χ1n) is 10.8. The SMILES string of the molecule is N#Cc1c(-c2ccc(C(F)(F)F)cc2)cc(NCC2CCOCC2)n2c1nc1ccccc12. The molecule has 1 aliphatic rings. The zero-order valence-electron chi connectivity index (χ0n) is 17.7. The Kier molecular flexibility index (Phi) is 5.43. The molecular formula is C25H21F3N4O. The van der Waals surface area contributed by atoms with Gasteiger partial charge in [-0.2, -0.15) is 18.4 Å². The summed E-state index contributed by atoms with van der Waals surface area (Å²) in [6.45, 7) is 2.20. The Hall–Kier alpha value is -3.57. The van der Waals surface area contributed by atoms with Gasteiger partial charge < -0.3 is 10.1 Å². The van der Waals surface area contributed by atoms with E-state index >= 15 is 0 Å². The number of halogens is 3. The summed E-state index contributed by atoms with van der Waals surface area (Å²) in [5, 5.41) is 13.5. The summed E-state index contributed by atoms with van der Waals surface area (Å²) in [5.41, 5.74) is 2.75. The van der Waals surface area contributed by atoms with Gasteiger partial charge in [0.05, 0.1) is 16.6 Å². The standard InChI is InChI=1S/C25H21F3N4O/c26-25(27,28)18-7-5-17(6-8-18)19-13-23(30-15-16-9-11-33-12-10-16)32-22-4-2-1-3-21(22)31-24(32)20(19)14-29/h1-8,13,16,30H,9-12,15H2. The zero-order valence-corrected chi connectivity index (χ0v) is 17.7. The van der Waals surface area contributed by atoms with E-state index in [0.717, 1.165) is 61.6 Å². The minimum Gasteiger partial charge on any atom is -0.381 e. The quantitative estimate of drug-likeness (QED) is 0.422. The van der Waals surface area contributed by atoms with Gasteiger partial charge in [0, 0.05) is 25.3 Å². The van der Waals surface area contributed by atoms with Gasteiger partial charge in [-0.15, -0.1) is 0 Å². The molecule has 1 fully saturated rings. The molecule has 0 spiro atoms. The summed E-state index contributed by atoms with van der Waals surface area (Å²) in [4.78, 5) is 4.68. The zero-order chi connectivity index (χ0) is 23.0. The van der Waals surface area contributed by atoms with Crippen LogP contribution in [0.5, 0.6) is 0 Å². The summed E-state index contributed by atoms with van der Waals surface area (Å²) in [6.07, 6.45) is -2.50. The molecule has 8 heteroatoms. The lowest BCUT2D eigenvalue weighted by Crippen LogP contribution is -2.23. The van der Waals surface area contributed by atoms with Gasteiger partial charge in [0.15, 0.2) is 5.65 Å². The number of rotatable bonds is 4. The molecule has 3 heterocycles. The maximum Gasteiger partial charge on any atom is 0.416 e. The van der Waals surface area contributed by atoms with E-state index in [-0.39, 0.29) is 0 Å². The minimum absolute atomic E-state index is 0.322. The van der Waals surface area contributed by atoms with E-state index in [1.54, 1.807) is 0 Å². The summed E-state index contributed by atoms with van der Waals surface area (Å²) in [7, 11) is 0. The largest absolute Gasteiger partial charge is 0.416 e. The van der Waals surface area contributed by atoms with Crippen molar-refractivity contribution in [2.24, 2.45) is 5.92 Å². The van der Waals surface area contributed by atoms with Crippen molar-refractivity contribution in [2.45, 2.75) is 19.0 Å². The Balaban J connectivity index is 1.66. The number of nitriles is 1. The summed E-state index contributed by atoms with van der Waals surface area (Å²) in [5.74, 6) is 1.20. The lowest BCUT2D eigenvalue weighted by Gasteiger charge is -2.23. The van der Waals surface area contributed by atoms with E-state index < -0.39 is 11.7 Å². The molecule has 33 heavy (non-hydrogen) atoms. The van der Waals surface area contributed by atoms with Crippen LogP contribution in [-0.2, 0) is 10.9 Å². The maximum absolute atomic E-state index is 13.1. The van der Waals surface area contributed by atoms with Crippen molar-refractivity contribution >= 4 is 22.5 Å². The highest BCUT2D eigenvalue weighted by Crippen LogP contribution is 2.35. The van der Waals surface area contributed by atoms with Crippen LogP contribution >= 0.6 is 0 Å². The Morgan fingerprint density at radius 3 is 2.52 bits per heavy atom. The van der Waals surface area contributed by atoms with Crippen LogP contribution in [0.1, 0.15) is 24.0 Å². The van der Waals surface area contributed by atoms with Crippen LogP contribution in [0.3, 0.4) is 0 Å². The van der Waals surface area contributed by atoms with Crippen molar-refractivity contribution in [1.82, 2.24) is 9.38 Å². The topological polar surface area (TPSA) is 62.3 Å². The molecule has 0 amide bonds. The molecule has 1 aliphatic heterocycles. The van der Waals surface area contributed by atoms with Gasteiger partial charge in [-0.05, 0) is 54.7 Å². The number of para-hydroxylation sites is 2. The fraction of sp³-hybridized carbons (Fsp3) is 0.280. The van der Waals surface area contributed by atoms with Crippen molar-refractivity contribution in [3.8, 4) is 17.2 Å². The van der Waals surface area contributed by atoms with Crippen molar-refractivity contribution < 1.29 is 17.9 Å². The normalized spacial score (nSPS) is 15.1. The van der Waals surface area contributed by atoms with Crippen LogP contribution in [0, 0.1) is 17.2 Å². The first kappa shape index (κ1) is 21.3. The molecule has 0 atom stereocenters. The lowest BCUT2D eigenvalue weighted by molar-refractivity contribution is -0.137. The average molecular weight is 450 g/mol. The number of ether oxygens (including phenoxy) is 1. The van der Waals surface area contributed by atoms with Crippen molar-refractivity contribution in [3.63, 3.8) is 0 Å². The number of nitrogens with one attached hydrogen (secondary N) is 1. The second-order valence-corrected chi connectivity index (χ2v) is 8.20. The fourth-order valence-electron chi connectivity index (χ4n) is 4.34. The van der Waals surface area contributed by atoms with Crippen molar-refractivity contribution in [1.29, 1.82) is 5.26 Å². The first-order chi connectivity index (χ1) is 16.0. The van der Waals surface area contributed by atoms with Gasteiger partial charge in [0.2, 0.25) is 0 Å². The molecule has 2 aromatic heterocycles. The third kappa shape index (κ3) is 4.00. The Morgan fingerprint density at radius 1 is 1.09 bits per heavy atom. The number of alkyl halides is 3. The monoisotopic (exact) mass is 450 g/mol. The molecule has 2 aromatic carbocycles. The van der Waals surface area contributed by atoms with Gasteiger partial charge in [-0.1, -0.05) is 24.3 Å². The van der Waals surface area contributed by atoms with Crippen LogP contribution in [0.4, 0.5) is 19.0 Å². The number of aromatic nitrogens is 2. The number of fused-ring (bicyclic) bond motifs is 3. The molecule has 5 nitrogen and oxygen atoms in total. The predicted molar refractivity (Wildman–Crippen MR) is 120 cm³/mol. The number of benzene rings is 2. The molecule has 0 bridgehead atoms. The molecule has 0 aliphatic carbocycles. The highest BCUT2D eigenvalue weighted by molar-refractivity contribution is 5.89. The second-order valence-electron chi connectivity index (χ2n) is 8.20. The van der Waals surface area contributed by atoms with Crippen LogP contribution < -0.4 is 5.32 Å². The molecular weight excluding hydrogens is 429 g/mol. The molecule has 0 saturated carbocycles. The fourth-order valence-corrected chi connectivity index (χ4v) is 4.34. The van der Waals surface area contributed by atoms with E-state index in [9.17, 15) is 18.4 Å². The third-order valence-electron chi connectivity index (χ3n) is 6.12. The van der Waals surface area contributed by atoms with E-state index in [1.165, 1.54) is 12.1 Å². The molecule has 4 aromatic rings. The van der Waals surface area contributed by atoms with Crippen LogP contribution in [0.25, 0.3) is 27.8 Å². The Morgan fingerprint density at radius 2 is 1.82 bits per heavy atom. The van der Waals surface area contributed by atoms with Gasteiger partial charge in [0.25, 0.3) is 0 Å². The molecule has 0 unspecified atom stereocenters. The molecule has 1 N–H and O–H groups in total. The maximum atomic E-state index is 13.1. The van der Waals surface area contributed by atoms with E-state index in [1.807, 2.05) is 34.7 Å². The average Bonchev–Trinajstić information content (AvgIpc) is 3.22. The van der Waals surface area contributed by atoms with Crippen LogP contribution in [0.15, 0.2) is 54.6 Å². The van der Waals surface area contributed by atoms with Crippen LogP contribution in [0.2, 0.25) is 0 Å². The Bertz CT molecular complexity index is 1350. The van der Waals surface area contributed by atoms with Gasteiger partial charge in [0.1, 0.15) is 17.5 Å². The first-order valence-corrected chi connectivity index (χ1v) is 10.8. The second kappa shape index (κ2) is 8.41. The minimum atomic E-state index is -4.42. The number of hydrogen-bond acceptors (Lipinski definition) is 4. The number of imidazole rings is 1. The van der Waals surface area contributed by atoms with E-state index in [0.29, 0.717) is 28.3 Å². The van der Waals surface area contributed by atoms with Crippen molar-refractivity contribution in [3.05, 3.63) is 65.7 Å². The van der Waals surface area contributed by atoms with Gasteiger partial charge >= 0.3 is 6.18 Å². The highest BCUT2D eigenvalue weighted by Gasteiger charge is 2.30. The smallest absolute Gasteiger partial charge is 0.381 e. The molecule has 5 rings (SSSR count). The summed E-state index contributed by atoms with van der Waals surface area (Å²) >= 11 is 0. The Labute approximate surface area is 188 Å². The number of anilines is 1. The highest BCUT2D eigenvalue weighted by atomic mass is 19.4.